The number of halogens is 3. The first-order valence-corrected chi connectivity index (χ1v) is 12.0. The molecule has 0 aliphatic carbocycles. The number of nitrogens with zero attached hydrogens (tertiary/aromatic N) is 1. The molecule has 1 unspecified atom stereocenters. The van der Waals surface area contributed by atoms with Gasteiger partial charge in [0.15, 0.2) is 0 Å². The smallest absolute Gasteiger partial charge is 0.381 e. The zero-order chi connectivity index (χ0) is 22.0. The van der Waals surface area contributed by atoms with Crippen LogP contribution < -0.4 is 5.32 Å². The lowest BCUT2D eigenvalue weighted by Crippen LogP contribution is -2.61. The van der Waals surface area contributed by atoms with Crippen LogP contribution in [0.4, 0.5) is 13.2 Å². The van der Waals surface area contributed by atoms with Crippen molar-refractivity contribution in [2.45, 2.75) is 36.4 Å². The number of thioether (sulfide) groups is 1. The SMILES string of the molecule is O=C(NCC1(N2CCOCC2)CCSC1)C1(c2cccc(C(F)(F)F)c2)CCOCC1. The topological polar surface area (TPSA) is 50.8 Å². The Kier molecular flexibility index (Phi) is 6.86. The molecule has 0 saturated carbocycles. The summed E-state index contributed by atoms with van der Waals surface area (Å²) in [4.78, 5) is 16.0. The van der Waals surface area contributed by atoms with Crippen molar-refractivity contribution in [1.29, 1.82) is 0 Å². The molecule has 3 fully saturated rings. The number of benzene rings is 1. The molecule has 0 bridgehead atoms. The minimum absolute atomic E-state index is 0.121. The Balaban J connectivity index is 1.56. The molecule has 1 aromatic rings. The molecular weight excluding hydrogens is 429 g/mol. The fraction of sp³-hybridized carbons (Fsp3) is 0.682. The van der Waals surface area contributed by atoms with Gasteiger partial charge in [0.1, 0.15) is 0 Å². The number of hydrogen-bond acceptors (Lipinski definition) is 5. The molecule has 1 amide bonds. The van der Waals surface area contributed by atoms with E-state index in [4.69, 9.17) is 9.47 Å². The number of ether oxygens (including phenoxy) is 2. The summed E-state index contributed by atoms with van der Waals surface area (Å²) in [7, 11) is 0. The van der Waals surface area contributed by atoms with E-state index in [1.165, 1.54) is 6.07 Å². The molecule has 3 aliphatic rings. The monoisotopic (exact) mass is 458 g/mol. The number of hydrogen-bond donors (Lipinski definition) is 1. The van der Waals surface area contributed by atoms with Gasteiger partial charge in [-0.2, -0.15) is 24.9 Å². The average molecular weight is 459 g/mol. The summed E-state index contributed by atoms with van der Waals surface area (Å²) < 4.78 is 50.9. The molecule has 1 N–H and O–H groups in total. The zero-order valence-electron chi connectivity index (χ0n) is 17.5. The van der Waals surface area contributed by atoms with Gasteiger partial charge in [0.25, 0.3) is 0 Å². The van der Waals surface area contributed by atoms with E-state index in [0.29, 0.717) is 51.4 Å². The van der Waals surface area contributed by atoms with Gasteiger partial charge in [0.05, 0.1) is 24.2 Å². The van der Waals surface area contributed by atoms with Crippen molar-refractivity contribution in [3.8, 4) is 0 Å². The summed E-state index contributed by atoms with van der Waals surface area (Å²) in [5, 5.41) is 3.16. The Morgan fingerprint density at radius 3 is 2.45 bits per heavy atom. The van der Waals surface area contributed by atoms with E-state index in [-0.39, 0.29) is 11.4 Å². The summed E-state index contributed by atoms with van der Waals surface area (Å²) in [6, 6.07) is 5.22. The van der Waals surface area contributed by atoms with Crippen molar-refractivity contribution in [1.82, 2.24) is 10.2 Å². The first-order chi connectivity index (χ1) is 14.9. The maximum absolute atomic E-state index is 13.6. The van der Waals surface area contributed by atoms with Gasteiger partial charge in [-0.3, -0.25) is 9.69 Å². The zero-order valence-corrected chi connectivity index (χ0v) is 18.3. The predicted molar refractivity (Wildman–Crippen MR) is 113 cm³/mol. The molecule has 1 atom stereocenters. The van der Waals surface area contributed by atoms with Gasteiger partial charge in [0, 0.05) is 44.1 Å². The van der Waals surface area contributed by atoms with E-state index in [2.05, 4.69) is 10.2 Å². The van der Waals surface area contributed by atoms with Gasteiger partial charge < -0.3 is 14.8 Å². The highest BCUT2D eigenvalue weighted by Crippen LogP contribution is 2.39. The minimum atomic E-state index is -4.44. The molecular formula is C22H29F3N2O3S. The molecule has 1 aromatic carbocycles. The highest BCUT2D eigenvalue weighted by Gasteiger charge is 2.46. The lowest BCUT2D eigenvalue weighted by atomic mass is 9.72. The fourth-order valence-electron chi connectivity index (χ4n) is 4.91. The van der Waals surface area contributed by atoms with Gasteiger partial charge in [0.2, 0.25) is 5.91 Å². The summed E-state index contributed by atoms with van der Waals surface area (Å²) in [5.74, 6) is 1.78. The van der Waals surface area contributed by atoms with E-state index in [9.17, 15) is 18.0 Å². The van der Waals surface area contributed by atoms with E-state index < -0.39 is 17.2 Å². The Hall–Kier alpha value is -1.29. The van der Waals surface area contributed by atoms with Gasteiger partial charge in [-0.15, -0.1) is 0 Å². The largest absolute Gasteiger partial charge is 0.416 e. The Bertz CT molecular complexity index is 772. The van der Waals surface area contributed by atoms with Gasteiger partial charge >= 0.3 is 6.18 Å². The first kappa shape index (κ1) is 22.9. The van der Waals surface area contributed by atoms with Crippen molar-refractivity contribution < 1.29 is 27.4 Å². The second-order valence-corrected chi connectivity index (χ2v) is 9.69. The summed E-state index contributed by atoms with van der Waals surface area (Å²) in [5.41, 5.74) is -1.42. The van der Waals surface area contributed by atoms with Gasteiger partial charge in [-0.25, -0.2) is 0 Å². The van der Waals surface area contributed by atoms with Crippen LogP contribution in [-0.4, -0.2) is 73.9 Å². The van der Waals surface area contributed by atoms with Crippen LogP contribution in [0.15, 0.2) is 24.3 Å². The Morgan fingerprint density at radius 1 is 1.10 bits per heavy atom. The van der Waals surface area contributed by atoms with E-state index >= 15 is 0 Å². The second-order valence-electron chi connectivity index (χ2n) is 8.58. The highest BCUT2D eigenvalue weighted by molar-refractivity contribution is 7.99. The van der Waals surface area contributed by atoms with Crippen molar-refractivity contribution in [2.24, 2.45) is 0 Å². The van der Waals surface area contributed by atoms with Gasteiger partial charge in [-0.05, 0) is 36.6 Å². The second kappa shape index (κ2) is 9.29. The van der Waals surface area contributed by atoms with Crippen LogP contribution in [0.2, 0.25) is 0 Å². The van der Waals surface area contributed by atoms with E-state index in [1.54, 1.807) is 6.07 Å². The molecule has 0 aromatic heterocycles. The lowest BCUT2D eigenvalue weighted by Gasteiger charge is -2.44. The van der Waals surface area contributed by atoms with Crippen LogP contribution in [-0.2, 0) is 25.9 Å². The quantitative estimate of drug-likeness (QED) is 0.735. The van der Waals surface area contributed by atoms with Crippen molar-refractivity contribution in [3.63, 3.8) is 0 Å². The number of nitrogens with one attached hydrogen (secondary N) is 1. The lowest BCUT2D eigenvalue weighted by molar-refractivity contribution is -0.138. The molecule has 3 saturated heterocycles. The minimum Gasteiger partial charge on any atom is -0.381 e. The van der Waals surface area contributed by atoms with Gasteiger partial charge in [-0.1, -0.05) is 18.2 Å². The molecule has 5 nitrogen and oxygen atoms in total. The molecule has 172 valence electrons. The summed E-state index contributed by atoms with van der Waals surface area (Å²) >= 11 is 1.88. The van der Waals surface area contributed by atoms with Crippen LogP contribution in [0.1, 0.15) is 30.4 Å². The van der Waals surface area contributed by atoms with Crippen LogP contribution in [0, 0.1) is 0 Å². The van der Waals surface area contributed by atoms with Crippen LogP contribution in [0.25, 0.3) is 0 Å². The Labute approximate surface area is 185 Å². The third kappa shape index (κ3) is 4.74. The number of amides is 1. The average Bonchev–Trinajstić information content (AvgIpc) is 3.28. The fourth-order valence-corrected chi connectivity index (χ4v) is 6.39. The van der Waals surface area contributed by atoms with Crippen molar-refractivity contribution in [3.05, 3.63) is 35.4 Å². The molecule has 9 heteroatoms. The number of rotatable bonds is 5. The molecule has 3 heterocycles. The van der Waals surface area contributed by atoms with E-state index in [0.717, 1.165) is 43.1 Å². The molecule has 4 rings (SSSR count). The summed E-state index contributed by atoms with van der Waals surface area (Å²) in [6.45, 7) is 4.26. The maximum Gasteiger partial charge on any atom is 0.416 e. The number of carbonyl (C=O) groups excluding carboxylic acids is 1. The standard InChI is InChI=1S/C22H29F3N2O3S/c23-22(24,25)18-3-1-2-17(14-18)21(4-9-29-10-5-21)19(28)26-15-20(6-13-31-16-20)27-7-11-30-12-8-27/h1-3,14H,4-13,15-16H2,(H,26,28). The van der Waals surface area contributed by atoms with Crippen LogP contribution in [0.3, 0.4) is 0 Å². The van der Waals surface area contributed by atoms with E-state index in [1.807, 2.05) is 11.8 Å². The molecule has 3 aliphatic heterocycles. The predicted octanol–water partition coefficient (Wildman–Crippen LogP) is 3.08. The number of carbonyl (C=O) groups is 1. The first-order valence-electron chi connectivity index (χ1n) is 10.8. The van der Waals surface area contributed by atoms with Crippen molar-refractivity contribution in [2.75, 3.05) is 57.6 Å². The molecule has 0 spiro atoms. The highest BCUT2D eigenvalue weighted by atomic mass is 32.2. The van der Waals surface area contributed by atoms with Crippen LogP contribution >= 0.6 is 11.8 Å². The molecule has 31 heavy (non-hydrogen) atoms. The third-order valence-electron chi connectivity index (χ3n) is 6.87. The van der Waals surface area contributed by atoms with Crippen LogP contribution in [0.5, 0.6) is 0 Å². The normalized spacial score (nSPS) is 27.2. The Morgan fingerprint density at radius 2 is 1.81 bits per heavy atom. The number of alkyl halides is 3. The van der Waals surface area contributed by atoms with Crippen molar-refractivity contribution >= 4 is 17.7 Å². The number of morpholine rings is 1. The third-order valence-corrected chi connectivity index (χ3v) is 8.10. The maximum atomic E-state index is 13.6. The summed E-state index contributed by atoms with van der Waals surface area (Å²) in [6.07, 6.45) is -2.71. The molecule has 0 radical (unpaired) electrons.